The second-order valence-electron chi connectivity index (χ2n) is 9.41. The van der Waals surface area contributed by atoms with Crippen molar-refractivity contribution in [2.24, 2.45) is 0 Å². The van der Waals surface area contributed by atoms with Crippen LogP contribution in [0.1, 0.15) is 56.6 Å². The van der Waals surface area contributed by atoms with E-state index in [-0.39, 0.29) is 5.54 Å². The monoisotopic (exact) mass is 393 g/mol. The molecule has 2 aromatic rings. The fourth-order valence-electron chi connectivity index (χ4n) is 4.98. The van der Waals surface area contributed by atoms with E-state index in [9.17, 15) is 0 Å². The van der Waals surface area contributed by atoms with Gasteiger partial charge in [0.05, 0.1) is 5.54 Å². The molecule has 1 nitrogen and oxygen atoms in total. The zero-order valence-electron chi connectivity index (χ0n) is 18.4. The Bertz CT molecular complexity index is 1080. The van der Waals surface area contributed by atoms with Crippen molar-refractivity contribution in [3.05, 3.63) is 107 Å². The van der Waals surface area contributed by atoms with Gasteiger partial charge in [0.1, 0.15) is 0 Å². The molecule has 0 saturated heterocycles. The Kier molecular flexibility index (Phi) is 4.77. The first-order valence-corrected chi connectivity index (χ1v) is 11.2. The maximum Gasteiger partial charge on any atom is 0.0643 e. The number of rotatable bonds is 4. The molecular weight excluding hydrogens is 362 g/mol. The van der Waals surface area contributed by atoms with Crippen molar-refractivity contribution in [1.29, 1.82) is 0 Å². The van der Waals surface area contributed by atoms with E-state index < -0.39 is 0 Å². The summed E-state index contributed by atoms with van der Waals surface area (Å²) in [7, 11) is 0. The summed E-state index contributed by atoms with van der Waals surface area (Å²) in [5, 5.41) is 0. The molecule has 0 radical (unpaired) electrons. The van der Waals surface area contributed by atoms with E-state index in [4.69, 9.17) is 0 Å². The number of benzene rings is 2. The minimum Gasteiger partial charge on any atom is -0.332 e. The quantitative estimate of drug-likeness (QED) is 0.510. The standard InChI is InChI=1S/C29H31N/c1-21-7-13-27(14-8-21)30(29(3)17-15-22(2)16-18-29)28-6-4-5-24(20-28)26-12-10-23-9-11-25(23)19-26/h4-8,10,12-17,20,26H,9,11,18-19H2,1-3H3. The highest BCUT2D eigenvalue weighted by Crippen LogP contribution is 2.43. The third kappa shape index (κ3) is 3.47. The van der Waals surface area contributed by atoms with E-state index in [0.29, 0.717) is 5.92 Å². The molecule has 0 aromatic heterocycles. The van der Waals surface area contributed by atoms with Gasteiger partial charge < -0.3 is 4.90 Å². The molecule has 2 atom stereocenters. The van der Waals surface area contributed by atoms with Gasteiger partial charge >= 0.3 is 0 Å². The molecule has 0 bridgehead atoms. The fraction of sp³-hybridized carbons (Fsp3) is 0.310. The van der Waals surface area contributed by atoms with Crippen molar-refractivity contribution in [1.82, 2.24) is 0 Å². The van der Waals surface area contributed by atoms with Gasteiger partial charge in [-0.25, -0.2) is 0 Å². The highest BCUT2D eigenvalue weighted by Gasteiger charge is 2.32. The van der Waals surface area contributed by atoms with Gasteiger partial charge in [-0.1, -0.05) is 71.4 Å². The third-order valence-electron chi connectivity index (χ3n) is 7.05. The Hall–Kier alpha value is -2.80. The van der Waals surface area contributed by atoms with Crippen molar-refractivity contribution < 1.29 is 0 Å². The van der Waals surface area contributed by atoms with Crippen LogP contribution in [0.25, 0.3) is 0 Å². The molecule has 0 amide bonds. The molecule has 152 valence electrons. The van der Waals surface area contributed by atoms with E-state index >= 15 is 0 Å². The van der Waals surface area contributed by atoms with E-state index in [0.717, 1.165) is 6.42 Å². The molecule has 2 aromatic carbocycles. The highest BCUT2D eigenvalue weighted by atomic mass is 15.2. The molecule has 2 unspecified atom stereocenters. The van der Waals surface area contributed by atoms with Gasteiger partial charge in [-0.15, -0.1) is 0 Å². The van der Waals surface area contributed by atoms with Crippen LogP contribution >= 0.6 is 0 Å². The van der Waals surface area contributed by atoms with Crippen LogP contribution in [0.4, 0.5) is 11.4 Å². The molecule has 5 rings (SSSR count). The second kappa shape index (κ2) is 7.47. The molecule has 0 N–H and O–H groups in total. The smallest absolute Gasteiger partial charge is 0.0643 e. The van der Waals surface area contributed by atoms with Gasteiger partial charge in [0.2, 0.25) is 0 Å². The van der Waals surface area contributed by atoms with Crippen LogP contribution in [0.3, 0.4) is 0 Å². The number of hydrogen-bond donors (Lipinski definition) is 0. The first-order valence-electron chi connectivity index (χ1n) is 11.2. The summed E-state index contributed by atoms with van der Waals surface area (Å²) < 4.78 is 0. The number of allylic oxidation sites excluding steroid dienone is 6. The lowest BCUT2D eigenvalue weighted by atomic mass is 9.76. The lowest BCUT2D eigenvalue weighted by Gasteiger charge is -2.42. The summed E-state index contributed by atoms with van der Waals surface area (Å²) >= 11 is 0. The Morgan fingerprint density at radius 1 is 0.933 bits per heavy atom. The summed E-state index contributed by atoms with van der Waals surface area (Å²) in [4.78, 5) is 2.52. The van der Waals surface area contributed by atoms with E-state index in [1.54, 1.807) is 11.1 Å². The Balaban J connectivity index is 1.54. The Morgan fingerprint density at radius 3 is 2.43 bits per heavy atom. The molecule has 1 heteroatoms. The lowest BCUT2D eigenvalue weighted by molar-refractivity contribution is 0.567. The molecule has 30 heavy (non-hydrogen) atoms. The zero-order chi connectivity index (χ0) is 20.7. The summed E-state index contributed by atoms with van der Waals surface area (Å²) in [6.45, 7) is 6.69. The summed E-state index contributed by atoms with van der Waals surface area (Å²) in [5.74, 6) is 0.501. The Morgan fingerprint density at radius 2 is 1.77 bits per heavy atom. The van der Waals surface area contributed by atoms with Gasteiger partial charge in [0, 0.05) is 17.3 Å². The van der Waals surface area contributed by atoms with Crippen LogP contribution < -0.4 is 4.90 Å². The molecular formula is C29H31N. The lowest BCUT2D eigenvalue weighted by Crippen LogP contribution is -2.42. The molecule has 0 saturated carbocycles. The largest absolute Gasteiger partial charge is 0.332 e. The molecule has 0 aliphatic heterocycles. The maximum absolute atomic E-state index is 2.52. The second-order valence-corrected chi connectivity index (χ2v) is 9.41. The first kappa shape index (κ1) is 19.2. The fourth-order valence-corrected chi connectivity index (χ4v) is 4.98. The van der Waals surface area contributed by atoms with E-state index in [1.165, 1.54) is 47.3 Å². The van der Waals surface area contributed by atoms with Gasteiger partial charge in [-0.2, -0.15) is 0 Å². The summed E-state index contributed by atoms with van der Waals surface area (Å²) in [6.07, 6.45) is 16.6. The molecule has 0 spiro atoms. The molecule has 0 fully saturated rings. The zero-order valence-corrected chi connectivity index (χ0v) is 18.4. The summed E-state index contributed by atoms with van der Waals surface area (Å²) in [6, 6.07) is 18.2. The van der Waals surface area contributed by atoms with Crippen LogP contribution in [-0.2, 0) is 0 Å². The van der Waals surface area contributed by atoms with Gasteiger partial charge in [0.25, 0.3) is 0 Å². The van der Waals surface area contributed by atoms with Crippen molar-refractivity contribution in [3.63, 3.8) is 0 Å². The highest BCUT2D eigenvalue weighted by molar-refractivity contribution is 5.68. The van der Waals surface area contributed by atoms with Crippen LogP contribution in [0.5, 0.6) is 0 Å². The Labute approximate surface area is 181 Å². The minimum absolute atomic E-state index is 0.0839. The van der Waals surface area contributed by atoms with Crippen LogP contribution in [0.15, 0.2) is 95.6 Å². The SMILES string of the molecule is CC1=CCC(C)(N(c2ccc(C)cc2)c2cccc(C3C=CC4=C(CC4)C3)c2)C=C1. The van der Waals surface area contributed by atoms with Gasteiger partial charge in [-0.3, -0.25) is 0 Å². The molecule has 3 aliphatic carbocycles. The van der Waals surface area contributed by atoms with E-state index in [1.807, 2.05) is 0 Å². The van der Waals surface area contributed by atoms with Crippen molar-refractivity contribution in [2.75, 3.05) is 4.90 Å². The van der Waals surface area contributed by atoms with E-state index in [2.05, 4.69) is 105 Å². The first-order chi connectivity index (χ1) is 14.5. The normalized spacial score (nSPS) is 24.9. The van der Waals surface area contributed by atoms with Crippen molar-refractivity contribution >= 4 is 11.4 Å². The van der Waals surface area contributed by atoms with Crippen LogP contribution in [0.2, 0.25) is 0 Å². The topological polar surface area (TPSA) is 3.24 Å². The number of aryl methyl sites for hydroxylation is 1. The molecule has 0 heterocycles. The number of nitrogens with zero attached hydrogens (tertiary/aromatic N) is 1. The average molecular weight is 394 g/mol. The predicted octanol–water partition coefficient (Wildman–Crippen LogP) is 7.93. The van der Waals surface area contributed by atoms with Gasteiger partial charge in [-0.05, 0) is 81.9 Å². The predicted molar refractivity (Wildman–Crippen MR) is 128 cm³/mol. The van der Waals surface area contributed by atoms with Crippen molar-refractivity contribution in [3.8, 4) is 0 Å². The van der Waals surface area contributed by atoms with Crippen LogP contribution in [-0.4, -0.2) is 5.54 Å². The minimum atomic E-state index is -0.0839. The maximum atomic E-state index is 2.52. The summed E-state index contributed by atoms with van der Waals surface area (Å²) in [5.41, 5.74) is 9.77. The van der Waals surface area contributed by atoms with Crippen molar-refractivity contribution in [2.45, 2.75) is 57.9 Å². The number of anilines is 2. The van der Waals surface area contributed by atoms with Gasteiger partial charge in [0.15, 0.2) is 0 Å². The number of hydrogen-bond acceptors (Lipinski definition) is 1. The third-order valence-corrected chi connectivity index (χ3v) is 7.05. The molecule has 3 aliphatic rings. The average Bonchev–Trinajstić information content (AvgIpc) is 2.73. The van der Waals surface area contributed by atoms with Crippen LogP contribution in [0, 0.1) is 6.92 Å².